The van der Waals surface area contributed by atoms with Gasteiger partial charge in [0.2, 0.25) is 0 Å². The Bertz CT molecular complexity index is 1060. The predicted octanol–water partition coefficient (Wildman–Crippen LogP) is 4.60. The zero-order chi connectivity index (χ0) is 21.4. The van der Waals surface area contributed by atoms with Gasteiger partial charge < -0.3 is 10.1 Å². The minimum absolute atomic E-state index is 0.172. The minimum atomic E-state index is -4.66. The molecule has 1 aliphatic carbocycles. The first-order valence-corrected chi connectivity index (χ1v) is 10.6. The Hall–Kier alpha value is -2.64. The number of fused-ring (bicyclic) bond motifs is 2. The summed E-state index contributed by atoms with van der Waals surface area (Å²) in [6, 6.07) is 16.7. The molecule has 3 aromatic rings. The van der Waals surface area contributed by atoms with Gasteiger partial charge >= 0.3 is 6.36 Å². The van der Waals surface area contributed by atoms with Crippen LogP contribution in [0.25, 0.3) is 10.9 Å². The second-order valence-corrected chi connectivity index (χ2v) is 8.54. The fraction of sp³-hybridized carbons (Fsp3) is 0.375. The maximum absolute atomic E-state index is 12.4. The highest BCUT2D eigenvalue weighted by molar-refractivity contribution is 5.78. The van der Waals surface area contributed by atoms with Crippen molar-refractivity contribution in [1.82, 2.24) is 15.2 Å². The lowest BCUT2D eigenvalue weighted by Gasteiger charge is -2.20. The summed E-state index contributed by atoms with van der Waals surface area (Å²) in [4.78, 5) is 6.95. The molecule has 2 unspecified atom stereocenters. The maximum Gasteiger partial charge on any atom is 0.573 e. The molecular formula is C24H24F3N3O. The van der Waals surface area contributed by atoms with Crippen LogP contribution >= 0.6 is 0 Å². The van der Waals surface area contributed by atoms with Crippen LogP contribution in [0.15, 0.2) is 60.8 Å². The first-order chi connectivity index (χ1) is 14.9. The van der Waals surface area contributed by atoms with Crippen LogP contribution in [0, 0.1) is 17.8 Å². The van der Waals surface area contributed by atoms with Gasteiger partial charge in [-0.3, -0.25) is 9.88 Å². The highest BCUT2D eigenvalue weighted by Gasteiger charge is 2.54. The zero-order valence-electron chi connectivity index (χ0n) is 17.0. The lowest BCUT2D eigenvalue weighted by molar-refractivity contribution is -0.274. The molecule has 4 nitrogen and oxygen atoms in total. The molecule has 0 spiro atoms. The number of pyridine rings is 1. The van der Waals surface area contributed by atoms with Gasteiger partial charge in [-0.1, -0.05) is 30.3 Å². The van der Waals surface area contributed by atoms with Crippen molar-refractivity contribution in [3.63, 3.8) is 0 Å². The third kappa shape index (κ3) is 4.83. The average Bonchev–Trinajstić information content (AvgIpc) is 3.17. The van der Waals surface area contributed by atoms with Crippen LogP contribution in [0.3, 0.4) is 0 Å². The molecule has 31 heavy (non-hydrogen) atoms. The van der Waals surface area contributed by atoms with E-state index >= 15 is 0 Å². The van der Waals surface area contributed by atoms with E-state index < -0.39 is 6.36 Å². The number of likely N-dealkylation sites (tertiary alicyclic amines) is 1. The monoisotopic (exact) mass is 427 g/mol. The van der Waals surface area contributed by atoms with Crippen molar-refractivity contribution >= 4 is 10.9 Å². The Balaban J connectivity index is 1.07. The van der Waals surface area contributed by atoms with E-state index in [9.17, 15) is 13.2 Å². The lowest BCUT2D eigenvalue weighted by Crippen LogP contribution is -2.27. The Labute approximate surface area is 179 Å². The molecule has 2 aliphatic rings. The smallest absolute Gasteiger partial charge is 0.406 e. The van der Waals surface area contributed by atoms with Crippen molar-refractivity contribution in [2.24, 2.45) is 17.8 Å². The summed E-state index contributed by atoms with van der Waals surface area (Å²) in [6.45, 7) is 4.59. The Morgan fingerprint density at radius 2 is 1.84 bits per heavy atom. The molecule has 162 valence electrons. The molecule has 0 bridgehead atoms. The number of nitrogens with zero attached hydrogens (tertiary/aromatic N) is 2. The molecule has 2 atom stereocenters. The maximum atomic E-state index is 12.4. The quantitative estimate of drug-likeness (QED) is 0.598. The van der Waals surface area contributed by atoms with E-state index in [2.05, 4.69) is 44.2 Å². The summed E-state index contributed by atoms with van der Waals surface area (Å²) >= 11 is 0. The van der Waals surface area contributed by atoms with Crippen molar-refractivity contribution in [3.05, 3.63) is 71.9 Å². The number of hydrogen-bond donors (Lipinski definition) is 1. The molecule has 5 rings (SSSR count). The zero-order valence-corrected chi connectivity index (χ0v) is 17.0. The number of halogens is 3. The Morgan fingerprint density at radius 1 is 1.00 bits per heavy atom. The van der Waals surface area contributed by atoms with Crippen LogP contribution in [0.2, 0.25) is 0 Å². The fourth-order valence-electron chi connectivity index (χ4n) is 4.87. The molecule has 0 amide bonds. The third-order valence-corrected chi connectivity index (χ3v) is 6.36. The number of ether oxygens (including phenoxy) is 1. The second kappa shape index (κ2) is 8.13. The Morgan fingerprint density at radius 3 is 2.65 bits per heavy atom. The Kier molecular flexibility index (Phi) is 5.32. The second-order valence-electron chi connectivity index (χ2n) is 8.54. The van der Waals surface area contributed by atoms with E-state index in [0.29, 0.717) is 24.3 Å². The first-order valence-electron chi connectivity index (χ1n) is 10.6. The predicted molar refractivity (Wildman–Crippen MR) is 112 cm³/mol. The van der Waals surface area contributed by atoms with Gasteiger partial charge in [-0.05, 0) is 59.7 Å². The van der Waals surface area contributed by atoms with Crippen molar-refractivity contribution in [3.8, 4) is 5.75 Å². The van der Waals surface area contributed by atoms with Gasteiger partial charge in [0, 0.05) is 37.8 Å². The molecule has 1 N–H and O–H groups in total. The summed E-state index contributed by atoms with van der Waals surface area (Å²) in [5.74, 6) is 1.91. The molecule has 2 fully saturated rings. The van der Waals surface area contributed by atoms with Gasteiger partial charge in [0.25, 0.3) is 0 Å². The van der Waals surface area contributed by atoms with Gasteiger partial charge in [-0.15, -0.1) is 13.2 Å². The van der Waals surface area contributed by atoms with E-state index in [0.717, 1.165) is 42.6 Å². The number of aromatic nitrogens is 1. The van der Waals surface area contributed by atoms with E-state index in [-0.39, 0.29) is 5.75 Å². The normalized spacial score (nSPS) is 23.1. The van der Waals surface area contributed by atoms with Crippen LogP contribution < -0.4 is 10.1 Å². The van der Waals surface area contributed by atoms with E-state index in [1.54, 1.807) is 6.07 Å². The van der Waals surface area contributed by atoms with Gasteiger partial charge in [0.15, 0.2) is 0 Å². The molecule has 1 aromatic heterocycles. The van der Waals surface area contributed by atoms with Crippen LogP contribution in [-0.4, -0.2) is 35.9 Å². The summed E-state index contributed by atoms with van der Waals surface area (Å²) in [6.07, 6.45) is -2.83. The molecule has 1 saturated carbocycles. The number of alkyl halides is 3. The van der Waals surface area contributed by atoms with Crippen LogP contribution in [0.4, 0.5) is 13.2 Å². The van der Waals surface area contributed by atoms with E-state index in [1.165, 1.54) is 17.7 Å². The van der Waals surface area contributed by atoms with Crippen molar-refractivity contribution < 1.29 is 17.9 Å². The van der Waals surface area contributed by atoms with E-state index in [1.807, 2.05) is 18.3 Å². The van der Waals surface area contributed by atoms with Crippen LogP contribution in [0.1, 0.15) is 11.1 Å². The standard InChI is InChI=1S/C24H24F3N3O/c25-24(26,27)31-19-5-1-3-16(9-19)11-28-12-20-21-14-30(15-22(20)21)13-17-6-7-18-4-2-8-29-23(18)10-17/h1-10,20-22,28H,11-15H2. The van der Waals surface area contributed by atoms with Gasteiger partial charge in [-0.25, -0.2) is 0 Å². The summed E-state index contributed by atoms with van der Waals surface area (Å²) in [5, 5.41) is 4.57. The fourth-order valence-corrected chi connectivity index (χ4v) is 4.87. The highest BCUT2D eigenvalue weighted by Crippen LogP contribution is 2.51. The molecule has 2 heterocycles. The number of hydrogen-bond acceptors (Lipinski definition) is 4. The summed E-state index contributed by atoms with van der Waals surface area (Å²) in [7, 11) is 0. The van der Waals surface area contributed by atoms with Crippen LogP contribution in [0.5, 0.6) is 5.75 Å². The summed E-state index contributed by atoms with van der Waals surface area (Å²) < 4.78 is 41.1. The van der Waals surface area contributed by atoms with Crippen molar-refractivity contribution in [2.45, 2.75) is 19.5 Å². The molecular weight excluding hydrogens is 403 g/mol. The summed E-state index contributed by atoms with van der Waals surface area (Å²) in [5.41, 5.74) is 3.12. The SMILES string of the molecule is FC(F)(F)Oc1cccc(CNCC2C3CN(Cc4ccc5cccnc5c4)CC23)c1. The molecule has 0 radical (unpaired) electrons. The van der Waals surface area contributed by atoms with Crippen molar-refractivity contribution in [2.75, 3.05) is 19.6 Å². The molecule has 7 heteroatoms. The van der Waals surface area contributed by atoms with Gasteiger partial charge in [0.1, 0.15) is 5.75 Å². The number of nitrogens with one attached hydrogen (secondary N) is 1. The van der Waals surface area contributed by atoms with Crippen LogP contribution in [-0.2, 0) is 13.1 Å². The molecule has 1 aliphatic heterocycles. The van der Waals surface area contributed by atoms with E-state index in [4.69, 9.17) is 0 Å². The number of piperidine rings is 1. The molecule has 2 aromatic carbocycles. The largest absolute Gasteiger partial charge is 0.573 e. The average molecular weight is 427 g/mol. The van der Waals surface area contributed by atoms with Crippen molar-refractivity contribution in [1.29, 1.82) is 0 Å². The lowest BCUT2D eigenvalue weighted by atomic mass is 10.1. The topological polar surface area (TPSA) is 37.4 Å². The van der Waals surface area contributed by atoms with Gasteiger partial charge in [0.05, 0.1) is 5.52 Å². The number of rotatable bonds is 7. The minimum Gasteiger partial charge on any atom is -0.406 e. The highest BCUT2D eigenvalue weighted by atomic mass is 19.4. The molecule has 1 saturated heterocycles. The third-order valence-electron chi connectivity index (χ3n) is 6.36. The van der Waals surface area contributed by atoms with Gasteiger partial charge in [-0.2, -0.15) is 0 Å². The first kappa shape index (κ1) is 20.3. The number of benzene rings is 2.